The van der Waals surface area contributed by atoms with E-state index in [4.69, 9.17) is 9.97 Å². The number of carboxylic acid groups (broad SMARTS) is 1. The largest absolute Gasteiger partial charge is 0.481 e. The lowest BCUT2D eigenvalue weighted by Gasteiger charge is -2.20. The van der Waals surface area contributed by atoms with E-state index in [1.165, 1.54) is 5.56 Å². The molecule has 1 aliphatic rings. The molecule has 0 aliphatic carbocycles. The molecule has 2 aromatic heterocycles. The van der Waals surface area contributed by atoms with Gasteiger partial charge < -0.3 is 9.67 Å². The molecule has 0 saturated heterocycles. The average Bonchev–Trinajstić information content (AvgIpc) is 3.22. The van der Waals surface area contributed by atoms with E-state index in [1.807, 2.05) is 32.0 Å². The van der Waals surface area contributed by atoms with Crippen LogP contribution in [-0.2, 0) is 24.2 Å². The van der Waals surface area contributed by atoms with Crippen LogP contribution in [0.25, 0.3) is 11.2 Å². The number of benzene rings is 1. The van der Waals surface area contributed by atoms with Crippen molar-refractivity contribution in [2.24, 2.45) is 0 Å². The van der Waals surface area contributed by atoms with Gasteiger partial charge in [0.2, 0.25) is 0 Å². The number of imidazole rings is 1. The van der Waals surface area contributed by atoms with E-state index >= 15 is 0 Å². The number of aryl methyl sites for hydroxylation is 3. The first-order valence-electron chi connectivity index (χ1n) is 9.75. The summed E-state index contributed by atoms with van der Waals surface area (Å²) in [6.07, 6.45) is 4.20. The lowest BCUT2D eigenvalue weighted by Crippen LogP contribution is -2.17. The van der Waals surface area contributed by atoms with Gasteiger partial charge in [0.05, 0.1) is 11.4 Å². The maximum absolute atomic E-state index is 12.1. The molecular weight excluding hydrogens is 338 g/mol. The fourth-order valence-corrected chi connectivity index (χ4v) is 4.37. The van der Waals surface area contributed by atoms with Crippen LogP contribution in [0.4, 0.5) is 0 Å². The van der Waals surface area contributed by atoms with Crippen LogP contribution in [0.1, 0.15) is 60.3 Å². The molecule has 1 unspecified atom stereocenters. The number of aliphatic carboxylic acids is 1. The van der Waals surface area contributed by atoms with Crippen molar-refractivity contribution in [1.82, 2.24) is 14.5 Å². The highest BCUT2D eigenvalue weighted by Crippen LogP contribution is 2.35. The molecule has 0 amide bonds. The Morgan fingerprint density at radius 2 is 2.04 bits per heavy atom. The quantitative estimate of drug-likeness (QED) is 0.711. The second-order valence-electron chi connectivity index (χ2n) is 7.39. The van der Waals surface area contributed by atoms with Crippen LogP contribution in [0, 0.1) is 6.92 Å². The summed E-state index contributed by atoms with van der Waals surface area (Å²) in [5.41, 5.74) is 5.75. The van der Waals surface area contributed by atoms with E-state index in [1.54, 1.807) is 0 Å². The molecule has 3 heterocycles. The van der Waals surface area contributed by atoms with E-state index in [9.17, 15) is 9.90 Å². The topological polar surface area (TPSA) is 68.0 Å². The molecule has 5 nitrogen and oxygen atoms in total. The number of nitrogens with zero attached hydrogens (tertiary/aromatic N) is 3. The third kappa shape index (κ3) is 3.11. The maximum atomic E-state index is 12.1. The normalized spacial score (nSPS) is 14.4. The van der Waals surface area contributed by atoms with E-state index in [0.29, 0.717) is 12.8 Å². The second kappa shape index (κ2) is 7.14. The van der Waals surface area contributed by atoms with Crippen LogP contribution in [0.15, 0.2) is 30.3 Å². The lowest BCUT2D eigenvalue weighted by molar-refractivity contribution is -0.139. The maximum Gasteiger partial charge on any atom is 0.311 e. The monoisotopic (exact) mass is 363 g/mol. The fraction of sp³-hybridized carbons (Fsp3) is 0.409. The number of pyridine rings is 1. The molecule has 5 heteroatoms. The number of hydrogen-bond donors (Lipinski definition) is 1. The summed E-state index contributed by atoms with van der Waals surface area (Å²) in [7, 11) is 0. The van der Waals surface area contributed by atoms with Crippen LogP contribution in [0.3, 0.4) is 0 Å². The number of rotatable bonds is 6. The summed E-state index contributed by atoms with van der Waals surface area (Å²) < 4.78 is 2.26. The van der Waals surface area contributed by atoms with Gasteiger partial charge >= 0.3 is 5.97 Å². The van der Waals surface area contributed by atoms with Crippen molar-refractivity contribution in [2.75, 3.05) is 0 Å². The third-order valence-corrected chi connectivity index (χ3v) is 5.53. The first kappa shape index (κ1) is 17.7. The van der Waals surface area contributed by atoms with Gasteiger partial charge in [0, 0.05) is 18.7 Å². The third-order valence-electron chi connectivity index (χ3n) is 5.53. The first-order chi connectivity index (χ1) is 13.1. The molecule has 3 aromatic rings. The van der Waals surface area contributed by atoms with Crippen molar-refractivity contribution in [3.05, 3.63) is 58.5 Å². The van der Waals surface area contributed by atoms with Gasteiger partial charge in [-0.1, -0.05) is 43.7 Å². The zero-order valence-corrected chi connectivity index (χ0v) is 15.9. The van der Waals surface area contributed by atoms with Crippen molar-refractivity contribution in [3.63, 3.8) is 0 Å². The highest BCUT2D eigenvalue weighted by atomic mass is 16.4. The average molecular weight is 363 g/mol. The fourth-order valence-electron chi connectivity index (χ4n) is 4.37. The summed E-state index contributed by atoms with van der Waals surface area (Å²) in [4.78, 5) is 21.6. The predicted molar refractivity (Wildman–Crippen MR) is 105 cm³/mol. The zero-order valence-electron chi connectivity index (χ0n) is 15.9. The zero-order chi connectivity index (χ0) is 19.0. The van der Waals surface area contributed by atoms with Crippen LogP contribution >= 0.6 is 0 Å². The molecule has 0 fully saturated rings. The van der Waals surface area contributed by atoms with Gasteiger partial charge in [0.25, 0.3) is 0 Å². The SMILES string of the molecule is CCCC(C(=O)O)c1c(C)nc2nc3n(c2c1Cc1ccccc1)CCC3. The minimum absolute atomic E-state index is 0.529. The van der Waals surface area contributed by atoms with Crippen molar-refractivity contribution in [2.45, 2.75) is 58.4 Å². The van der Waals surface area contributed by atoms with Gasteiger partial charge in [0.15, 0.2) is 5.65 Å². The van der Waals surface area contributed by atoms with Crippen molar-refractivity contribution >= 4 is 17.1 Å². The number of aromatic nitrogens is 3. The molecular formula is C22H25N3O2. The minimum Gasteiger partial charge on any atom is -0.481 e. The summed E-state index contributed by atoms with van der Waals surface area (Å²) >= 11 is 0. The number of fused-ring (bicyclic) bond motifs is 3. The van der Waals surface area contributed by atoms with Crippen molar-refractivity contribution in [1.29, 1.82) is 0 Å². The highest BCUT2D eigenvalue weighted by molar-refractivity contribution is 5.84. The minimum atomic E-state index is -0.767. The Morgan fingerprint density at radius 3 is 2.74 bits per heavy atom. The Kier molecular flexibility index (Phi) is 4.68. The van der Waals surface area contributed by atoms with E-state index < -0.39 is 11.9 Å². The van der Waals surface area contributed by atoms with Crippen LogP contribution < -0.4 is 0 Å². The molecule has 4 rings (SSSR count). The highest BCUT2D eigenvalue weighted by Gasteiger charge is 2.29. The Balaban J connectivity index is 1.99. The van der Waals surface area contributed by atoms with Crippen molar-refractivity contribution < 1.29 is 9.90 Å². The standard InChI is InChI=1S/C22H25N3O2/c1-3-8-16(22(26)27)19-14(2)23-21-20(25-12-7-11-18(25)24-21)17(19)13-15-9-5-4-6-10-15/h4-6,9-10,16H,3,7-8,11-13H2,1-2H3,(H,26,27). The van der Waals surface area contributed by atoms with Gasteiger partial charge in [-0.3, -0.25) is 4.79 Å². The summed E-state index contributed by atoms with van der Waals surface area (Å²) in [5.74, 6) is -0.222. The molecule has 0 saturated carbocycles. The Hall–Kier alpha value is -2.69. The van der Waals surface area contributed by atoms with Crippen LogP contribution in [0.2, 0.25) is 0 Å². The number of carboxylic acids is 1. The first-order valence-corrected chi connectivity index (χ1v) is 9.75. The molecule has 1 atom stereocenters. The Bertz CT molecular complexity index is 992. The van der Waals surface area contributed by atoms with Crippen LogP contribution in [-0.4, -0.2) is 25.6 Å². The van der Waals surface area contributed by atoms with Gasteiger partial charge in [-0.05, 0) is 42.9 Å². The molecule has 1 N–H and O–H groups in total. The van der Waals surface area contributed by atoms with Gasteiger partial charge in [-0.25, -0.2) is 9.97 Å². The number of hydrogen-bond acceptors (Lipinski definition) is 3. The molecule has 27 heavy (non-hydrogen) atoms. The molecule has 1 aromatic carbocycles. The molecule has 0 spiro atoms. The Morgan fingerprint density at radius 1 is 1.26 bits per heavy atom. The molecule has 0 radical (unpaired) electrons. The van der Waals surface area contributed by atoms with Gasteiger partial charge in [-0.2, -0.15) is 0 Å². The second-order valence-corrected chi connectivity index (χ2v) is 7.39. The van der Waals surface area contributed by atoms with Gasteiger partial charge in [-0.15, -0.1) is 0 Å². The van der Waals surface area contributed by atoms with E-state index in [2.05, 4.69) is 16.7 Å². The van der Waals surface area contributed by atoms with Crippen LogP contribution in [0.5, 0.6) is 0 Å². The molecule has 1 aliphatic heterocycles. The van der Waals surface area contributed by atoms with E-state index in [0.717, 1.165) is 59.6 Å². The number of carbonyl (C=O) groups is 1. The molecule has 140 valence electrons. The summed E-state index contributed by atoms with van der Waals surface area (Å²) in [5, 5.41) is 9.94. The Labute approximate surface area is 159 Å². The summed E-state index contributed by atoms with van der Waals surface area (Å²) in [6, 6.07) is 10.3. The lowest BCUT2D eigenvalue weighted by atomic mass is 9.86. The van der Waals surface area contributed by atoms with E-state index in [-0.39, 0.29) is 0 Å². The summed E-state index contributed by atoms with van der Waals surface area (Å²) in [6.45, 7) is 4.90. The van der Waals surface area contributed by atoms with Gasteiger partial charge in [0.1, 0.15) is 5.82 Å². The smallest absolute Gasteiger partial charge is 0.311 e. The van der Waals surface area contributed by atoms with Crippen molar-refractivity contribution in [3.8, 4) is 0 Å². The predicted octanol–water partition coefficient (Wildman–Crippen LogP) is 4.25. The molecule has 0 bridgehead atoms.